The highest BCUT2D eigenvalue weighted by Crippen LogP contribution is 2.34. The number of halogens is 5. The number of nitrogen functional groups attached to an aromatic ring is 1. The zero-order valence-corrected chi connectivity index (χ0v) is 6.65. The fourth-order valence-electron chi connectivity index (χ4n) is 0.847. The molecular formula is C7H5F5N2. The molecule has 2 N–H and O–H groups in total. The van der Waals surface area contributed by atoms with Gasteiger partial charge in [-0.1, -0.05) is 0 Å². The van der Waals surface area contributed by atoms with Crippen LogP contribution in [-0.2, 0) is 6.18 Å². The van der Waals surface area contributed by atoms with E-state index in [0.29, 0.717) is 6.20 Å². The number of nitrogens with two attached hydrogens (primary N) is 1. The zero-order chi connectivity index (χ0) is 10.9. The van der Waals surface area contributed by atoms with Gasteiger partial charge < -0.3 is 5.73 Å². The lowest BCUT2D eigenvalue weighted by molar-refractivity contribution is -0.137. The number of hydrogen-bond acceptors (Lipinski definition) is 2. The second-order valence-corrected chi connectivity index (χ2v) is 2.49. The van der Waals surface area contributed by atoms with Gasteiger partial charge in [-0.2, -0.15) is 13.2 Å². The van der Waals surface area contributed by atoms with Crippen LogP contribution in [0.25, 0.3) is 0 Å². The van der Waals surface area contributed by atoms with E-state index in [-0.39, 0.29) is 6.07 Å². The van der Waals surface area contributed by atoms with E-state index in [2.05, 4.69) is 4.98 Å². The third-order valence-electron chi connectivity index (χ3n) is 1.48. The van der Waals surface area contributed by atoms with Gasteiger partial charge in [-0.3, -0.25) is 4.98 Å². The Hall–Kier alpha value is -1.40. The minimum absolute atomic E-state index is 0.250. The molecule has 0 aliphatic carbocycles. The highest BCUT2D eigenvalue weighted by atomic mass is 19.4. The first-order valence-corrected chi connectivity index (χ1v) is 3.43. The number of anilines is 1. The number of alkyl halides is 5. The molecule has 2 nitrogen and oxygen atoms in total. The Labute approximate surface area is 75.5 Å². The molecular weight excluding hydrogens is 207 g/mol. The van der Waals surface area contributed by atoms with Crippen LogP contribution >= 0.6 is 0 Å². The molecule has 0 bridgehead atoms. The summed E-state index contributed by atoms with van der Waals surface area (Å²) in [6.45, 7) is 0. The maximum atomic E-state index is 12.1. The van der Waals surface area contributed by atoms with E-state index in [1.807, 2.05) is 0 Å². The summed E-state index contributed by atoms with van der Waals surface area (Å²) in [6.07, 6.45) is -7.21. The van der Waals surface area contributed by atoms with Crippen molar-refractivity contribution >= 4 is 5.69 Å². The summed E-state index contributed by atoms with van der Waals surface area (Å²) in [7, 11) is 0. The third kappa shape index (κ3) is 2.09. The van der Waals surface area contributed by atoms with Crippen molar-refractivity contribution in [3.05, 3.63) is 23.5 Å². The van der Waals surface area contributed by atoms with Gasteiger partial charge in [0, 0.05) is 0 Å². The smallest absolute Gasteiger partial charge is 0.397 e. The maximum Gasteiger partial charge on any atom is 0.418 e. The van der Waals surface area contributed by atoms with Gasteiger partial charge in [-0.15, -0.1) is 0 Å². The summed E-state index contributed by atoms with van der Waals surface area (Å²) in [5, 5.41) is 0. The van der Waals surface area contributed by atoms with Crippen molar-refractivity contribution in [1.82, 2.24) is 4.98 Å². The first-order chi connectivity index (χ1) is 6.32. The molecule has 0 aliphatic rings. The quantitative estimate of drug-likeness (QED) is 0.726. The van der Waals surface area contributed by atoms with Gasteiger partial charge >= 0.3 is 6.18 Å². The monoisotopic (exact) mass is 212 g/mol. The van der Waals surface area contributed by atoms with Crippen LogP contribution in [0.4, 0.5) is 27.6 Å². The van der Waals surface area contributed by atoms with E-state index in [1.54, 1.807) is 0 Å². The fraction of sp³-hybridized carbons (Fsp3) is 0.286. The van der Waals surface area contributed by atoms with E-state index in [4.69, 9.17) is 5.73 Å². The molecule has 78 valence electrons. The second kappa shape index (κ2) is 3.39. The second-order valence-electron chi connectivity index (χ2n) is 2.49. The average molecular weight is 212 g/mol. The van der Waals surface area contributed by atoms with Crippen molar-refractivity contribution in [2.24, 2.45) is 0 Å². The van der Waals surface area contributed by atoms with E-state index in [1.165, 1.54) is 0 Å². The molecule has 0 spiro atoms. The minimum Gasteiger partial charge on any atom is -0.397 e. The summed E-state index contributed by atoms with van der Waals surface area (Å²) in [4.78, 5) is 3.08. The van der Waals surface area contributed by atoms with Crippen LogP contribution in [0.2, 0.25) is 0 Å². The molecule has 7 heteroatoms. The van der Waals surface area contributed by atoms with Gasteiger partial charge in [0.05, 0.1) is 17.4 Å². The molecule has 1 aromatic rings. The van der Waals surface area contributed by atoms with Crippen molar-refractivity contribution < 1.29 is 22.0 Å². The fourth-order valence-corrected chi connectivity index (χ4v) is 0.847. The number of hydrogen-bond donors (Lipinski definition) is 1. The van der Waals surface area contributed by atoms with Crippen molar-refractivity contribution in [1.29, 1.82) is 0 Å². The van der Waals surface area contributed by atoms with Gasteiger partial charge in [0.25, 0.3) is 6.43 Å². The lowest BCUT2D eigenvalue weighted by atomic mass is 10.2. The summed E-state index contributed by atoms with van der Waals surface area (Å²) in [6, 6.07) is 0.250. The average Bonchev–Trinajstić information content (AvgIpc) is 2.02. The van der Waals surface area contributed by atoms with E-state index < -0.39 is 29.5 Å². The molecule has 0 saturated carbocycles. The van der Waals surface area contributed by atoms with Crippen molar-refractivity contribution in [3.63, 3.8) is 0 Å². The number of pyridine rings is 1. The summed E-state index contributed by atoms with van der Waals surface area (Å²) >= 11 is 0. The SMILES string of the molecule is Nc1cnc(C(F)F)cc1C(F)(F)F. The first kappa shape index (κ1) is 10.7. The van der Waals surface area contributed by atoms with Gasteiger partial charge in [0.2, 0.25) is 0 Å². The third-order valence-corrected chi connectivity index (χ3v) is 1.48. The zero-order valence-electron chi connectivity index (χ0n) is 6.65. The van der Waals surface area contributed by atoms with E-state index in [0.717, 1.165) is 0 Å². The molecule has 0 atom stereocenters. The normalized spacial score (nSPS) is 12.1. The predicted molar refractivity (Wildman–Crippen MR) is 38.6 cm³/mol. The first-order valence-electron chi connectivity index (χ1n) is 3.43. The highest BCUT2D eigenvalue weighted by Gasteiger charge is 2.34. The summed E-state index contributed by atoms with van der Waals surface area (Å²) in [5.74, 6) is 0. The molecule has 14 heavy (non-hydrogen) atoms. The molecule has 0 unspecified atom stereocenters. The van der Waals surface area contributed by atoms with Crippen LogP contribution in [0.1, 0.15) is 17.7 Å². The van der Waals surface area contributed by atoms with Crippen LogP contribution in [-0.4, -0.2) is 4.98 Å². The van der Waals surface area contributed by atoms with Crippen LogP contribution < -0.4 is 5.73 Å². The summed E-state index contributed by atoms with van der Waals surface area (Å²) < 4.78 is 60.4. The van der Waals surface area contributed by atoms with Crippen LogP contribution in [0.3, 0.4) is 0 Å². The Morgan fingerprint density at radius 2 is 1.86 bits per heavy atom. The largest absolute Gasteiger partial charge is 0.418 e. The molecule has 0 amide bonds. The van der Waals surface area contributed by atoms with Gasteiger partial charge in [0.1, 0.15) is 5.69 Å². The van der Waals surface area contributed by atoms with Crippen LogP contribution in [0.5, 0.6) is 0 Å². The lowest BCUT2D eigenvalue weighted by Gasteiger charge is -2.10. The van der Waals surface area contributed by atoms with E-state index >= 15 is 0 Å². The van der Waals surface area contributed by atoms with Crippen LogP contribution in [0.15, 0.2) is 12.3 Å². The van der Waals surface area contributed by atoms with Crippen molar-refractivity contribution in [3.8, 4) is 0 Å². The molecule has 0 saturated heterocycles. The Balaban J connectivity index is 3.22. The molecule has 1 heterocycles. The Kier molecular flexibility index (Phi) is 2.59. The molecule has 0 aromatic carbocycles. The molecule has 1 rings (SSSR count). The summed E-state index contributed by atoms with van der Waals surface area (Å²) in [5.41, 5.74) is 2.06. The Morgan fingerprint density at radius 1 is 1.29 bits per heavy atom. The molecule has 0 radical (unpaired) electrons. The Morgan fingerprint density at radius 3 is 2.29 bits per heavy atom. The maximum absolute atomic E-state index is 12.1. The highest BCUT2D eigenvalue weighted by molar-refractivity contribution is 5.47. The molecule has 0 aliphatic heterocycles. The number of nitrogens with zero attached hydrogens (tertiary/aromatic N) is 1. The number of rotatable bonds is 1. The van der Waals surface area contributed by atoms with Crippen molar-refractivity contribution in [2.45, 2.75) is 12.6 Å². The van der Waals surface area contributed by atoms with Gasteiger partial charge in [0.15, 0.2) is 0 Å². The molecule has 0 fully saturated rings. The number of aromatic nitrogens is 1. The topological polar surface area (TPSA) is 38.9 Å². The van der Waals surface area contributed by atoms with Gasteiger partial charge in [-0.25, -0.2) is 8.78 Å². The standard InChI is InChI=1S/C7H5F5N2/c8-6(9)5-1-3(7(10,11)12)4(13)2-14-5/h1-2,6H,13H2. The van der Waals surface area contributed by atoms with Crippen LogP contribution in [0, 0.1) is 0 Å². The van der Waals surface area contributed by atoms with Gasteiger partial charge in [-0.05, 0) is 6.07 Å². The molecule has 1 aromatic heterocycles. The van der Waals surface area contributed by atoms with Crippen molar-refractivity contribution in [2.75, 3.05) is 5.73 Å². The lowest BCUT2D eigenvalue weighted by Crippen LogP contribution is -2.10. The predicted octanol–water partition coefficient (Wildman–Crippen LogP) is 2.62. The van der Waals surface area contributed by atoms with E-state index in [9.17, 15) is 22.0 Å². The Bertz CT molecular complexity index is 333. The minimum atomic E-state index is -4.74.